The first-order valence-corrected chi connectivity index (χ1v) is 18.9. The summed E-state index contributed by atoms with van der Waals surface area (Å²) in [5.74, 6) is 0. The first-order valence-electron chi connectivity index (χ1n) is 18.9. The van der Waals surface area contributed by atoms with Crippen LogP contribution in [-0.4, -0.2) is 4.57 Å². The lowest BCUT2D eigenvalue weighted by Gasteiger charge is -2.50. The summed E-state index contributed by atoms with van der Waals surface area (Å²) in [4.78, 5) is 2.32. The van der Waals surface area contributed by atoms with Gasteiger partial charge in [0.2, 0.25) is 0 Å². The number of fused-ring (bicyclic) bond motifs is 11. The van der Waals surface area contributed by atoms with Gasteiger partial charge in [-0.1, -0.05) is 153 Å². The van der Waals surface area contributed by atoms with Crippen LogP contribution in [0.25, 0.3) is 38.6 Å². The highest BCUT2D eigenvalue weighted by molar-refractivity contribution is 6.12. The monoisotopic (exact) mass is 690 g/mol. The fourth-order valence-electron chi connectivity index (χ4n) is 9.91. The van der Waals surface area contributed by atoms with E-state index in [1.165, 1.54) is 72.0 Å². The molecule has 1 atom stereocenters. The molecule has 256 valence electrons. The third-order valence-electron chi connectivity index (χ3n) is 12.2. The van der Waals surface area contributed by atoms with Crippen LogP contribution < -0.4 is 4.90 Å². The van der Waals surface area contributed by atoms with E-state index in [1.54, 1.807) is 0 Å². The van der Waals surface area contributed by atoms with Gasteiger partial charge in [-0.25, -0.2) is 0 Å². The summed E-state index contributed by atoms with van der Waals surface area (Å²) in [7, 11) is 0. The highest BCUT2D eigenvalue weighted by Gasteiger charge is 2.52. The van der Waals surface area contributed by atoms with Crippen molar-refractivity contribution in [2.75, 3.05) is 4.90 Å². The molecule has 1 unspecified atom stereocenters. The Bertz CT molecular complexity index is 2860. The molecule has 8 aromatic carbocycles. The number of para-hydroxylation sites is 5. The highest BCUT2D eigenvalue weighted by atomic mass is 15.1. The van der Waals surface area contributed by atoms with Crippen LogP contribution in [0.3, 0.4) is 0 Å². The SMILES string of the molecule is CC1(C)c2ccccc2C2(c3ccccc3-n3c4ccccc4c4cccc2c43)c2cc(-c3ccc(N(c4ccccc4)c4ccccc4)cc3)ccc21. The van der Waals surface area contributed by atoms with Crippen molar-refractivity contribution in [1.82, 2.24) is 4.57 Å². The number of rotatable bonds is 4. The van der Waals surface area contributed by atoms with Gasteiger partial charge in [-0.3, -0.25) is 0 Å². The fraction of sp³-hybridized carbons (Fsp3) is 0.0769. The predicted octanol–water partition coefficient (Wildman–Crippen LogP) is 13.3. The normalized spacial score (nSPS) is 16.2. The molecular formula is C52H38N2. The molecule has 0 saturated carbocycles. The van der Waals surface area contributed by atoms with Crippen LogP contribution >= 0.6 is 0 Å². The number of nitrogens with zero attached hydrogens (tertiary/aromatic N) is 2. The Labute approximate surface area is 316 Å². The number of anilines is 3. The molecule has 2 heterocycles. The minimum atomic E-state index is -0.519. The summed E-state index contributed by atoms with van der Waals surface area (Å²) in [5.41, 5.74) is 17.0. The second kappa shape index (κ2) is 11.4. The molecule has 1 spiro atoms. The van der Waals surface area contributed by atoms with Gasteiger partial charge in [-0.15, -0.1) is 0 Å². The second-order valence-corrected chi connectivity index (χ2v) is 15.3. The van der Waals surface area contributed by atoms with E-state index >= 15 is 0 Å². The van der Waals surface area contributed by atoms with Gasteiger partial charge in [0.15, 0.2) is 0 Å². The molecule has 2 heteroatoms. The maximum absolute atomic E-state index is 2.52. The lowest BCUT2D eigenvalue weighted by Crippen LogP contribution is -2.44. The maximum atomic E-state index is 2.52. The topological polar surface area (TPSA) is 8.17 Å². The van der Waals surface area contributed by atoms with Crippen LogP contribution in [0.4, 0.5) is 17.1 Å². The van der Waals surface area contributed by atoms with Gasteiger partial charge in [-0.2, -0.15) is 0 Å². The smallest absolute Gasteiger partial charge is 0.0748 e. The summed E-state index contributed by atoms with van der Waals surface area (Å²) in [6.07, 6.45) is 0. The van der Waals surface area contributed by atoms with Gasteiger partial charge in [0.05, 0.1) is 22.1 Å². The lowest BCUT2D eigenvalue weighted by molar-refractivity contribution is 0.556. The molecule has 2 aliphatic rings. The summed E-state index contributed by atoms with van der Waals surface area (Å²) >= 11 is 0. The molecule has 9 aromatic rings. The fourth-order valence-corrected chi connectivity index (χ4v) is 9.91. The van der Waals surface area contributed by atoms with E-state index in [4.69, 9.17) is 0 Å². The van der Waals surface area contributed by atoms with Crippen molar-refractivity contribution in [3.63, 3.8) is 0 Å². The molecule has 0 saturated heterocycles. The number of hydrogen-bond donors (Lipinski definition) is 0. The Morgan fingerprint density at radius 2 is 0.926 bits per heavy atom. The van der Waals surface area contributed by atoms with E-state index in [2.05, 4.69) is 217 Å². The third kappa shape index (κ3) is 4.11. The quantitative estimate of drug-likeness (QED) is 0.178. The molecule has 2 nitrogen and oxygen atoms in total. The van der Waals surface area contributed by atoms with Crippen molar-refractivity contribution >= 4 is 38.9 Å². The molecule has 54 heavy (non-hydrogen) atoms. The zero-order valence-electron chi connectivity index (χ0n) is 30.4. The van der Waals surface area contributed by atoms with Crippen LogP contribution in [0.1, 0.15) is 47.2 Å². The summed E-state index contributed by atoms with van der Waals surface area (Å²) in [5, 5.41) is 2.59. The zero-order valence-corrected chi connectivity index (χ0v) is 30.4. The van der Waals surface area contributed by atoms with Crippen LogP contribution in [0.5, 0.6) is 0 Å². The Balaban J connectivity index is 1.17. The van der Waals surface area contributed by atoms with E-state index in [9.17, 15) is 0 Å². The average Bonchev–Trinajstić information content (AvgIpc) is 3.57. The Morgan fingerprint density at radius 1 is 0.389 bits per heavy atom. The maximum Gasteiger partial charge on any atom is 0.0748 e. The average molecular weight is 691 g/mol. The molecule has 0 amide bonds. The van der Waals surface area contributed by atoms with Crippen LogP contribution in [0, 0.1) is 0 Å². The van der Waals surface area contributed by atoms with Crippen molar-refractivity contribution in [3.05, 3.63) is 228 Å². The van der Waals surface area contributed by atoms with Crippen molar-refractivity contribution in [3.8, 4) is 16.8 Å². The molecule has 1 aromatic heterocycles. The number of aromatic nitrogens is 1. The molecular weight excluding hydrogens is 653 g/mol. The lowest BCUT2D eigenvalue weighted by atomic mass is 9.53. The molecule has 1 aliphatic heterocycles. The van der Waals surface area contributed by atoms with Gasteiger partial charge in [0.25, 0.3) is 0 Å². The van der Waals surface area contributed by atoms with E-state index in [0.29, 0.717) is 0 Å². The molecule has 0 radical (unpaired) electrons. The largest absolute Gasteiger partial charge is 0.311 e. The minimum absolute atomic E-state index is 0.196. The molecule has 0 N–H and O–H groups in total. The molecule has 0 bridgehead atoms. The second-order valence-electron chi connectivity index (χ2n) is 15.3. The molecule has 11 rings (SSSR count). The van der Waals surface area contributed by atoms with Gasteiger partial charge in [0, 0.05) is 33.2 Å². The highest BCUT2D eigenvalue weighted by Crippen LogP contribution is 2.60. The Hall–Kier alpha value is -6.64. The summed E-state index contributed by atoms with van der Waals surface area (Å²) in [6, 6.07) is 71.9. The van der Waals surface area contributed by atoms with Crippen molar-refractivity contribution in [1.29, 1.82) is 0 Å². The molecule has 0 fully saturated rings. The first kappa shape index (κ1) is 30.9. The zero-order chi connectivity index (χ0) is 36.0. The Morgan fingerprint density at radius 3 is 1.67 bits per heavy atom. The van der Waals surface area contributed by atoms with Gasteiger partial charge < -0.3 is 9.47 Å². The van der Waals surface area contributed by atoms with Gasteiger partial charge >= 0.3 is 0 Å². The van der Waals surface area contributed by atoms with Gasteiger partial charge in [-0.05, 0) is 99.1 Å². The summed E-state index contributed by atoms with van der Waals surface area (Å²) in [6.45, 7) is 4.81. The van der Waals surface area contributed by atoms with E-state index < -0.39 is 5.41 Å². The Kier molecular flexibility index (Phi) is 6.55. The predicted molar refractivity (Wildman–Crippen MR) is 225 cm³/mol. The van der Waals surface area contributed by atoms with Crippen LogP contribution in [-0.2, 0) is 10.8 Å². The first-order chi connectivity index (χ1) is 26.6. The minimum Gasteiger partial charge on any atom is -0.311 e. The number of benzene rings is 8. The summed E-state index contributed by atoms with van der Waals surface area (Å²) < 4.78 is 2.52. The number of hydrogen-bond acceptors (Lipinski definition) is 1. The van der Waals surface area contributed by atoms with Crippen molar-refractivity contribution < 1.29 is 0 Å². The van der Waals surface area contributed by atoms with Gasteiger partial charge in [0.1, 0.15) is 0 Å². The third-order valence-corrected chi connectivity index (χ3v) is 12.2. The molecule has 1 aliphatic carbocycles. The van der Waals surface area contributed by atoms with E-state index in [0.717, 1.165) is 17.1 Å². The van der Waals surface area contributed by atoms with Crippen molar-refractivity contribution in [2.24, 2.45) is 0 Å². The van der Waals surface area contributed by atoms with E-state index in [-0.39, 0.29) is 5.41 Å². The van der Waals surface area contributed by atoms with Crippen LogP contribution in [0.2, 0.25) is 0 Å². The van der Waals surface area contributed by atoms with E-state index in [1.807, 2.05) is 0 Å². The standard InChI is InChI=1S/C52H38N2/c1-51(2)42-22-10-11-23-44(42)52(45-24-12-14-27-49(45)54-48-26-13-9-20-40(48)41-21-15-25-46(52)50(41)54)47-34-36(30-33-43(47)51)35-28-31-39(32-29-35)53(37-16-5-3-6-17-37)38-18-7-4-8-19-38/h3-34H,1-2H3. The van der Waals surface area contributed by atoms with Crippen molar-refractivity contribution in [2.45, 2.75) is 24.7 Å². The van der Waals surface area contributed by atoms with Crippen LogP contribution in [0.15, 0.2) is 194 Å².